The fraction of sp³-hybridized carbons (Fsp3) is 0.500. The first-order valence-corrected chi connectivity index (χ1v) is 9.03. The highest BCUT2D eigenvalue weighted by atomic mass is 127. The maximum absolute atomic E-state index is 11.7. The average molecular weight is 472 g/mol. The van der Waals surface area contributed by atoms with Gasteiger partial charge in [-0.05, 0) is 43.9 Å². The Labute approximate surface area is 175 Å². The van der Waals surface area contributed by atoms with E-state index < -0.39 is 0 Å². The van der Waals surface area contributed by atoms with Crippen molar-refractivity contribution in [2.45, 2.75) is 39.2 Å². The van der Waals surface area contributed by atoms with Gasteiger partial charge in [0.05, 0.1) is 6.54 Å². The largest absolute Gasteiger partial charge is 0.357 e. The fourth-order valence-corrected chi connectivity index (χ4v) is 2.51. The number of aliphatic imine (C=N–C) groups is 1. The topological polar surface area (TPSA) is 56.7 Å². The Balaban J connectivity index is 0.00000625. The van der Waals surface area contributed by atoms with E-state index in [0.717, 1.165) is 37.5 Å². The Bertz CT molecular complexity index is 575. The van der Waals surface area contributed by atoms with Crippen molar-refractivity contribution < 1.29 is 4.79 Å². The van der Waals surface area contributed by atoms with Crippen LogP contribution in [-0.2, 0) is 6.54 Å². The van der Waals surface area contributed by atoms with Crippen LogP contribution in [0.3, 0.4) is 0 Å². The Kier molecular flexibility index (Phi) is 13.7. The summed E-state index contributed by atoms with van der Waals surface area (Å²) in [7, 11) is 3.70. The molecule has 1 amide bonds. The number of carbonyl (C=O) groups excluding carboxylic acids is 1. The van der Waals surface area contributed by atoms with Gasteiger partial charge < -0.3 is 15.5 Å². The molecule has 2 N–H and O–H groups in total. The first-order chi connectivity index (χ1) is 12.1. The van der Waals surface area contributed by atoms with Crippen molar-refractivity contribution in [1.29, 1.82) is 0 Å². The van der Waals surface area contributed by atoms with Gasteiger partial charge >= 0.3 is 0 Å². The molecule has 0 aliphatic heterocycles. The van der Waals surface area contributed by atoms with Crippen molar-refractivity contribution in [3.63, 3.8) is 0 Å². The zero-order valence-electron chi connectivity index (χ0n) is 16.3. The lowest BCUT2D eigenvalue weighted by Crippen LogP contribution is -2.39. The van der Waals surface area contributed by atoms with E-state index in [-0.39, 0.29) is 29.9 Å². The molecule has 6 heteroatoms. The molecule has 5 nitrogen and oxygen atoms in total. The van der Waals surface area contributed by atoms with Crippen LogP contribution in [0.1, 0.15) is 48.5 Å². The Hall–Kier alpha value is -1.57. The van der Waals surface area contributed by atoms with Gasteiger partial charge in [-0.3, -0.25) is 4.79 Å². The van der Waals surface area contributed by atoms with Crippen LogP contribution in [0.5, 0.6) is 0 Å². The van der Waals surface area contributed by atoms with Gasteiger partial charge in [-0.2, -0.15) is 0 Å². The van der Waals surface area contributed by atoms with Gasteiger partial charge in [0.2, 0.25) is 0 Å². The minimum Gasteiger partial charge on any atom is -0.357 e. The molecule has 0 saturated carbocycles. The maximum Gasteiger partial charge on any atom is 0.251 e. The van der Waals surface area contributed by atoms with E-state index >= 15 is 0 Å². The molecule has 26 heavy (non-hydrogen) atoms. The minimum atomic E-state index is -0.0746. The second kappa shape index (κ2) is 14.6. The average Bonchev–Trinajstić information content (AvgIpc) is 2.64. The van der Waals surface area contributed by atoms with Gasteiger partial charge in [0.25, 0.3) is 5.91 Å². The summed E-state index contributed by atoms with van der Waals surface area (Å²) in [5, 5.41) is 5.98. The van der Waals surface area contributed by atoms with E-state index in [0.29, 0.717) is 12.1 Å². The lowest BCUT2D eigenvalue weighted by molar-refractivity contribution is 0.0963. The van der Waals surface area contributed by atoms with E-state index in [1.807, 2.05) is 30.3 Å². The normalized spacial score (nSPS) is 10.7. The molecule has 0 saturated heterocycles. The Morgan fingerprint density at radius 2 is 2.08 bits per heavy atom. The van der Waals surface area contributed by atoms with Crippen molar-refractivity contribution in [3.8, 4) is 0 Å². The first-order valence-electron chi connectivity index (χ1n) is 9.03. The summed E-state index contributed by atoms with van der Waals surface area (Å²) in [6.45, 7) is 8.18. The molecular weight excluding hydrogens is 439 g/mol. The van der Waals surface area contributed by atoms with Crippen LogP contribution >= 0.6 is 24.0 Å². The van der Waals surface area contributed by atoms with Crippen molar-refractivity contribution in [2.24, 2.45) is 4.99 Å². The molecule has 0 bridgehead atoms. The lowest BCUT2D eigenvalue weighted by Gasteiger charge is -2.22. The van der Waals surface area contributed by atoms with Crippen LogP contribution in [-0.4, -0.2) is 44.0 Å². The van der Waals surface area contributed by atoms with E-state index in [1.54, 1.807) is 7.05 Å². The molecule has 0 aromatic heterocycles. The van der Waals surface area contributed by atoms with Crippen molar-refractivity contribution in [1.82, 2.24) is 15.5 Å². The number of rotatable bonds is 10. The number of unbranched alkanes of at least 4 members (excludes halogenated alkanes) is 3. The minimum absolute atomic E-state index is 0. The second-order valence-corrected chi connectivity index (χ2v) is 6.01. The third-order valence-electron chi connectivity index (χ3n) is 3.93. The summed E-state index contributed by atoms with van der Waals surface area (Å²) >= 11 is 0. The molecule has 146 valence electrons. The fourth-order valence-electron chi connectivity index (χ4n) is 2.51. The highest BCUT2D eigenvalue weighted by Gasteiger charge is 2.06. The van der Waals surface area contributed by atoms with E-state index in [9.17, 15) is 4.79 Å². The number of nitrogens with one attached hydrogen (secondary N) is 2. The van der Waals surface area contributed by atoms with Gasteiger partial charge in [-0.1, -0.05) is 24.6 Å². The molecule has 1 aromatic rings. The van der Waals surface area contributed by atoms with Crippen molar-refractivity contribution in [2.75, 3.05) is 27.2 Å². The Morgan fingerprint density at radius 1 is 1.31 bits per heavy atom. The number of carbonyl (C=O) groups is 1. The summed E-state index contributed by atoms with van der Waals surface area (Å²) in [6, 6.07) is 7.59. The van der Waals surface area contributed by atoms with Crippen LogP contribution in [0.15, 0.2) is 41.9 Å². The molecule has 0 unspecified atom stereocenters. The van der Waals surface area contributed by atoms with Gasteiger partial charge in [-0.15, -0.1) is 30.6 Å². The second-order valence-electron chi connectivity index (χ2n) is 6.01. The predicted octanol–water partition coefficient (Wildman–Crippen LogP) is 3.81. The van der Waals surface area contributed by atoms with Gasteiger partial charge in [0.1, 0.15) is 0 Å². The van der Waals surface area contributed by atoms with Gasteiger partial charge in [0, 0.05) is 32.7 Å². The first kappa shape index (κ1) is 24.4. The molecule has 0 spiro atoms. The summed E-state index contributed by atoms with van der Waals surface area (Å²) in [6.07, 6.45) is 6.59. The number of allylic oxidation sites excluding steroid dienone is 1. The van der Waals surface area contributed by atoms with Gasteiger partial charge in [0.15, 0.2) is 5.96 Å². The highest BCUT2D eigenvalue weighted by Crippen LogP contribution is 2.07. The molecule has 1 aromatic carbocycles. The van der Waals surface area contributed by atoms with Crippen molar-refractivity contribution >= 4 is 35.8 Å². The smallest absolute Gasteiger partial charge is 0.251 e. The molecule has 0 aliphatic carbocycles. The standard InChI is InChI=1S/C20H32N4O.HI/c1-5-7-8-9-10-14-24(4)20(22-6-2)23-16-17-12-11-13-18(15-17)19(25)21-3;/h5,11-13,15H,1,6-10,14,16H2,2-4H3,(H,21,25)(H,22,23);1H. The number of halogens is 1. The van der Waals surface area contributed by atoms with E-state index in [1.165, 1.54) is 12.8 Å². The molecule has 0 atom stereocenters. The molecular formula is C20H33IN4O. The summed E-state index contributed by atoms with van der Waals surface area (Å²) in [5.41, 5.74) is 1.69. The van der Waals surface area contributed by atoms with Gasteiger partial charge in [-0.25, -0.2) is 4.99 Å². The zero-order chi connectivity index (χ0) is 18.5. The number of hydrogen-bond acceptors (Lipinski definition) is 2. The monoisotopic (exact) mass is 472 g/mol. The maximum atomic E-state index is 11.7. The third kappa shape index (κ3) is 9.22. The van der Waals surface area contributed by atoms with Crippen LogP contribution in [0, 0.1) is 0 Å². The number of benzene rings is 1. The summed E-state index contributed by atoms with van der Waals surface area (Å²) < 4.78 is 0. The summed E-state index contributed by atoms with van der Waals surface area (Å²) in [4.78, 5) is 18.6. The zero-order valence-corrected chi connectivity index (χ0v) is 18.6. The number of nitrogens with zero attached hydrogens (tertiary/aromatic N) is 2. The SMILES string of the molecule is C=CCCCCCN(C)C(=NCc1cccc(C(=O)NC)c1)NCC.I. The van der Waals surface area contributed by atoms with Crippen LogP contribution in [0.2, 0.25) is 0 Å². The van der Waals surface area contributed by atoms with Crippen LogP contribution in [0.4, 0.5) is 0 Å². The van der Waals surface area contributed by atoms with Crippen molar-refractivity contribution in [3.05, 3.63) is 48.0 Å². The van der Waals surface area contributed by atoms with Crippen LogP contribution in [0.25, 0.3) is 0 Å². The van der Waals surface area contributed by atoms with E-state index in [2.05, 4.69) is 36.1 Å². The number of amides is 1. The summed E-state index contributed by atoms with van der Waals surface area (Å²) in [5.74, 6) is 0.825. The number of hydrogen-bond donors (Lipinski definition) is 2. The molecule has 0 radical (unpaired) electrons. The number of guanidine groups is 1. The predicted molar refractivity (Wildman–Crippen MR) is 121 cm³/mol. The Morgan fingerprint density at radius 3 is 2.73 bits per heavy atom. The molecule has 0 heterocycles. The molecule has 1 rings (SSSR count). The van der Waals surface area contributed by atoms with Crippen LogP contribution < -0.4 is 10.6 Å². The quantitative estimate of drug-likeness (QED) is 0.179. The lowest BCUT2D eigenvalue weighted by atomic mass is 10.1. The molecule has 0 aliphatic rings. The van der Waals surface area contributed by atoms with E-state index in [4.69, 9.17) is 4.99 Å². The third-order valence-corrected chi connectivity index (χ3v) is 3.93. The molecule has 0 fully saturated rings. The highest BCUT2D eigenvalue weighted by molar-refractivity contribution is 14.0.